The molecule has 7 heterocycles. The van der Waals surface area contributed by atoms with Crippen molar-refractivity contribution in [3.05, 3.63) is 113 Å². The lowest BCUT2D eigenvalue weighted by atomic mass is 10.00. The number of ketones is 2. The third-order valence-corrected chi connectivity index (χ3v) is 14.9. The molecule has 6 aromatic rings. The number of thiazole rings is 1. The molecular weight excluding hydrogens is 878 g/mol. The highest BCUT2D eigenvalue weighted by molar-refractivity contribution is 7.13. The van der Waals surface area contributed by atoms with Gasteiger partial charge in [-0.05, 0) is 98.5 Å². The van der Waals surface area contributed by atoms with Crippen LogP contribution < -0.4 is 9.80 Å². The van der Waals surface area contributed by atoms with E-state index in [0.29, 0.717) is 64.8 Å². The topological polar surface area (TPSA) is 140 Å². The third kappa shape index (κ3) is 11.3. The van der Waals surface area contributed by atoms with Crippen LogP contribution in [0.15, 0.2) is 90.6 Å². The number of rotatable bonds is 20. The second-order valence-corrected chi connectivity index (χ2v) is 19.5. The molecular formula is C53H62FN9O4S. The summed E-state index contributed by atoms with van der Waals surface area (Å²) in [6, 6.07) is 24.7. The first-order chi connectivity index (χ1) is 33.2. The molecule has 2 aromatic carbocycles. The van der Waals surface area contributed by atoms with Gasteiger partial charge in [-0.1, -0.05) is 68.1 Å². The molecule has 4 aromatic heterocycles. The number of amides is 1. The van der Waals surface area contributed by atoms with E-state index < -0.39 is 12.1 Å². The second kappa shape index (κ2) is 22.0. The highest BCUT2D eigenvalue weighted by atomic mass is 32.1. The molecule has 3 atom stereocenters. The van der Waals surface area contributed by atoms with Gasteiger partial charge in [-0.25, -0.2) is 23.9 Å². The summed E-state index contributed by atoms with van der Waals surface area (Å²) in [6.07, 6.45) is 11.2. The number of aryl methyl sites for hydroxylation is 2. The standard InChI is InChI=1S/C53H62FN9O4S/c1-37-53(68-36-56-37)39-21-18-38(19-22-39)20-23-48(66)46-32-43(65)35-61(46)34-42(64)13-6-4-2-3-5-7-17-52(67)60-29-27-59(28-30-60)50-16-9-14-44(57-50)47-33-55-49-24-25-51(58-63(47)49)62-26-10-15-45(62)40-11-8-12-41(54)31-40/h8-9,11-12,14,16,18-19,21-22,24-25,31,33,36,43,45-46,65H,2-7,10,13,15,17,20,23,26-30,32,34-35H2,1H3/t43-,45-,46+/m1/s1. The number of aromatic nitrogens is 5. The van der Waals surface area contributed by atoms with Gasteiger partial charge >= 0.3 is 0 Å². The first kappa shape index (κ1) is 47.2. The van der Waals surface area contributed by atoms with Crippen molar-refractivity contribution in [2.45, 2.75) is 109 Å². The predicted octanol–water partition coefficient (Wildman–Crippen LogP) is 8.68. The van der Waals surface area contributed by atoms with Gasteiger partial charge < -0.3 is 19.8 Å². The molecule has 13 nitrogen and oxygen atoms in total. The number of nitrogens with zero attached hydrogens (tertiary/aromatic N) is 9. The van der Waals surface area contributed by atoms with Crippen molar-refractivity contribution in [2.24, 2.45) is 0 Å². The van der Waals surface area contributed by atoms with Crippen molar-refractivity contribution >= 4 is 46.1 Å². The Morgan fingerprint density at radius 1 is 0.824 bits per heavy atom. The van der Waals surface area contributed by atoms with E-state index in [-0.39, 0.29) is 35.9 Å². The first-order valence-corrected chi connectivity index (χ1v) is 25.4. The molecule has 0 aliphatic carbocycles. The van der Waals surface area contributed by atoms with E-state index in [1.54, 1.807) is 23.5 Å². The van der Waals surface area contributed by atoms with Crippen LogP contribution in [0.4, 0.5) is 16.0 Å². The Morgan fingerprint density at radius 2 is 1.60 bits per heavy atom. The molecule has 3 aliphatic rings. The highest BCUT2D eigenvalue weighted by Crippen LogP contribution is 2.36. The Labute approximate surface area is 402 Å². The van der Waals surface area contributed by atoms with Gasteiger partial charge in [0.05, 0.1) is 52.7 Å². The van der Waals surface area contributed by atoms with Crippen LogP contribution in [0.1, 0.15) is 99.9 Å². The fourth-order valence-electron chi connectivity index (χ4n) is 10.2. The number of aliphatic hydroxyl groups excluding tert-OH is 1. The molecule has 3 saturated heterocycles. The summed E-state index contributed by atoms with van der Waals surface area (Å²) in [5, 5.41) is 15.4. The van der Waals surface area contributed by atoms with Crippen LogP contribution in [0, 0.1) is 12.7 Å². The number of fused-ring (bicyclic) bond motifs is 1. The van der Waals surface area contributed by atoms with Crippen molar-refractivity contribution in [2.75, 3.05) is 55.6 Å². The van der Waals surface area contributed by atoms with Gasteiger partial charge in [-0.2, -0.15) is 0 Å². The number of piperazine rings is 1. The minimum atomic E-state index is -0.592. The zero-order valence-electron chi connectivity index (χ0n) is 39.0. The lowest BCUT2D eigenvalue weighted by molar-refractivity contribution is -0.131. The van der Waals surface area contributed by atoms with Crippen LogP contribution in [-0.4, -0.2) is 115 Å². The van der Waals surface area contributed by atoms with Gasteiger partial charge in [-0.15, -0.1) is 16.4 Å². The molecule has 3 aliphatic heterocycles. The molecule has 3 fully saturated rings. The Kier molecular flexibility index (Phi) is 15.3. The average molecular weight is 940 g/mol. The maximum Gasteiger partial charge on any atom is 0.222 e. The summed E-state index contributed by atoms with van der Waals surface area (Å²) in [7, 11) is 0. The number of Topliss-reactive ketones (excluding diaryl/α,β-unsaturated/α-hetero) is 2. The van der Waals surface area contributed by atoms with Crippen LogP contribution >= 0.6 is 11.3 Å². The minimum Gasteiger partial charge on any atom is -0.392 e. The monoisotopic (exact) mass is 939 g/mol. The van der Waals surface area contributed by atoms with Crippen molar-refractivity contribution in [1.29, 1.82) is 0 Å². The fraction of sp³-hybridized carbons (Fsp3) is 0.453. The second-order valence-electron chi connectivity index (χ2n) is 18.7. The van der Waals surface area contributed by atoms with Crippen LogP contribution in [0.5, 0.6) is 0 Å². The largest absolute Gasteiger partial charge is 0.392 e. The summed E-state index contributed by atoms with van der Waals surface area (Å²) >= 11 is 1.62. The number of hydrogen-bond acceptors (Lipinski definition) is 12. The molecule has 15 heteroatoms. The van der Waals surface area contributed by atoms with E-state index in [1.807, 2.05) is 69.3 Å². The van der Waals surface area contributed by atoms with E-state index in [9.17, 15) is 23.9 Å². The zero-order valence-corrected chi connectivity index (χ0v) is 39.8. The number of carbonyl (C=O) groups excluding carboxylic acids is 3. The normalized spacial score (nSPS) is 18.8. The van der Waals surface area contributed by atoms with Crippen molar-refractivity contribution < 1.29 is 23.9 Å². The summed E-state index contributed by atoms with van der Waals surface area (Å²) in [4.78, 5) is 62.9. The number of carbonyl (C=O) groups is 3. The summed E-state index contributed by atoms with van der Waals surface area (Å²) in [5.74, 6) is 1.85. The van der Waals surface area contributed by atoms with Crippen molar-refractivity contribution in [1.82, 2.24) is 34.4 Å². The maximum atomic E-state index is 14.1. The van der Waals surface area contributed by atoms with Crippen LogP contribution in [-0.2, 0) is 20.8 Å². The maximum absolute atomic E-state index is 14.1. The van der Waals surface area contributed by atoms with Gasteiger partial charge in [0.2, 0.25) is 5.91 Å². The van der Waals surface area contributed by atoms with Gasteiger partial charge in [0.15, 0.2) is 5.65 Å². The summed E-state index contributed by atoms with van der Waals surface area (Å²) < 4.78 is 16.0. The molecule has 68 heavy (non-hydrogen) atoms. The molecule has 0 radical (unpaired) electrons. The molecule has 0 spiro atoms. The lowest BCUT2D eigenvalue weighted by Crippen LogP contribution is -2.49. The molecule has 9 rings (SSSR count). The van der Waals surface area contributed by atoms with Crippen molar-refractivity contribution in [3.63, 3.8) is 0 Å². The first-order valence-electron chi connectivity index (χ1n) is 24.5. The van der Waals surface area contributed by atoms with Gasteiger partial charge in [0.25, 0.3) is 0 Å². The fourth-order valence-corrected chi connectivity index (χ4v) is 11.0. The van der Waals surface area contributed by atoms with Crippen LogP contribution in [0.3, 0.4) is 0 Å². The van der Waals surface area contributed by atoms with E-state index >= 15 is 0 Å². The SMILES string of the molecule is Cc1ncsc1-c1ccc(CCC(=O)[C@@H]2C[C@@H](O)CN2CC(=O)CCCCCCCCC(=O)N2CCN(c3cccc(-c4cnc5ccc(N6CCC[C@@H]6c6cccc(F)c6)nn45)n3)CC2)cc1. The number of likely N-dealkylation sites (tertiary alicyclic amines) is 1. The number of β-amino-alcohol motifs (C(OH)–C–C–N with tert-alkyl or cyclic N) is 1. The quantitative estimate of drug-likeness (QED) is 0.0736. The van der Waals surface area contributed by atoms with Crippen LogP contribution in [0.25, 0.3) is 27.5 Å². The summed E-state index contributed by atoms with van der Waals surface area (Å²) in [5.41, 5.74) is 8.33. The third-order valence-electron chi connectivity index (χ3n) is 13.9. The molecule has 0 saturated carbocycles. The molecule has 0 bridgehead atoms. The van der Waals surface area contributed by atoms with Gasteiger partial charge in [0.1, 0.15) is 34.7 Å². The smallest absolute Gasteiger partial charge is 0.222 e. The Bertz CT molecular complexity index is 2680. The van der Waals surface area contributed by atoms with E-state index in [1.165, 1.54) is 6.07 Å². The molecule has 1 amide bonds. The highest BCUT2D eigenvalue weighted by Gasteiger charge is 2.36. The number of halogens is 1. The average Bonchev–Trinajstić information content (AvgIpc) is 4.19. The van der Waals surface area contributed by atoms with Gasteiger partial charge in [-0.3, -0.25) is 19.3 Å². The van der Waals surface area contributed by atoms with E-state index in [4.69, 9.17) is 10.1 Å². The molecule has 356 valence electrons. The number of imidazole rings is 1. The number of aliphatic hydroxyl groups is 1. The minimum absolute atomic E-state index is 0.0564. The molecule has 1 N–H and O–H groups in total. The number of hydrogen-bond donors (Lipinski definition) is 1. The number of unbranched alkanes of at least 4 members (excludes halogenated alkanes) is 5. The number of benzene rings is 2. The lowest BCUT2D eigenvalue weighted by Gasteiger charge is -2.35. The summed E-state index contributed by atoms with van der Waals surface area (Å²) in [6.45, 7) is 6.11. The van der Waals surface area contributed by atoms with Crippen molar-refractivity contribution in [3.8, 4) is 21.8 Å². The van der Waals surface area contributed by atoms with Crippen LogP contribution in [0.2, 0.25) is 0 Å². The Hall–Kier alpha value is -5.90. The molecule has 0 unspecified atom stereocenters. The van der Waals surface area contributed by atoms with E-state index in [0.717, 1.165) is 114 Å². The van der Waals surface area contributed by atoms with Gasteiger partial charge in [0, 0.05) is 58.5 Å². The zero-order chi connectivity index (χ0) is 47.0. The Morgan fingerprint density at radius 3 is 2.38 bits per heavy atom. The number of anilines is 2. The number of pyridine rings is 1. The predicted molar refractivity (Wildman–Crippen MR) is 264 cm³/mol. The van der Waals surface area contributed by atoms with E-state index in [2.05, 4.69) is 44.0 Å². The Balaban J connectivity index is 0.658.